The summed E-state index contributed by atoms with van der Waals surface area (Å²) >= 11 is 3.53. The summed E-state index contributed by atoms with van der Waals surface area (Å²) < 4.78 is 0. The van der Waals surface area contributed by atoms with Gasteiger partial charge in [-0.25, -0.2) is 0 Å². The summed E-state index contributed by atoms with van der Waals surface area (Å²) in [4.78, 5) is 18.1. The number of nitrogens with zero attached hydrogens (tertiary/aromatic N) is 1. The van der Waals surface area contributed by atoms with Crippen LogP contribution in [0.5, 0.6) is 0 Å². The fourth-order valence-corrected chi connectivity index (χ4v) is 5.65. The molecule has 0 aliphatic carbocycles. The quantitative estimate of drug-likeness (QED) is 0.396. The van der Waals surface area contributed by atoms with Crippen LogP contribution in [0.3, 0.4) is 0 Å². The Bertz CT molecular complexity index is 1080. The van der Waals surface area contributed by atoms with Gasteiger partial charge < -0.3 is 4.90 Å². The molecule has 1 aliphatic rings. The molecule has 2 aromatic carbocycles. The highest BCUT2D eigenvalue weighted by Gasteiger charge is 2.33. The van der Waals surface area contributed by atoms with E-state index in [0.29, 0.717) is 0 Å². The van der Waals surface area contributed by atoms with Crippen molar-refractivity contribution in [1.29, 1.82) is 0 Å². The minimum Gasteiger partial charge on any atom is -0.326 e. The van der Waals surface area contributed by atoms with Crippen LogP contribution in [0.2, 0.25) is 0 Å². The van der Waals surface area contributed by atoms with Gasteiger partial charge in [-0.2, -0.15) is 0 Å². The number of carbonyl (C=O) groups excluding carboxylic acids is 1. The number of carbonyl (C=O) groups is 1. The zero-order valence-electron chi connectivity index (χ0n) is 15.2. The van der Waals surface area contributed by atoms with Gasteiger partial charge >= 0.3 is 0 Å². The van der Waals surface area contributed by atoms with E-state index in [4.69, 9.17) is 0 Å². The molecule has 0 N–H and O–H groups in total. The van der Waals surface area contributed by atoms with E-state index in [2.05, 4.69) is 41.1 Å². The Morgan fingerprint density at radius 3 is 2.36 bits per heavy atom. The third-order valence-corrected chi connectivity index (χ3v) is 7.20. The lowest BCUT2D eigenvalue weighted by molar-refractivity contribution is 0.0699. The topological polar surface area (TPSA) is 20.3 Å². The van der Waals surface area contributed by atoms with Crippen molar-refractivity contribution in [3.05, 3.63) is 104 Å². The number of hydrogen-bond donors (Lipinski definition) is 0. The van der Waals surface area contributed by atoms with Crippen molar-refractivity contribution in [2.75, 3.05) is 6.54 Å². The molecule has 4 aromatic rings. The largest absolute Gasteiger partial charge is 0.326 e. The zero-order valence-corrected chi connectivity index (χ0v) is 16.9. The normalized spacial score (nSPS) is 16.0. The van der Waals surface area contributed by atoms with Crippen molar-refractivity contribution in [3.8, 4) is 11.1 Å². The van der Waals surface area contributed by atoms with E-state index in [0.717, 1.165) is 24.1 Å². The predicted octanol–water partition coefficient (Wildman–Crippen LogP) is 6.26. The van der Waals surface area contributed by atoms with Crippen LogP contribution in [0.1, 0.15) is 31.7 Å². The van der Waals surface area contributed by atoms with Gasteiger partial charge in [-0.15, -0.1) is 22.7 Å². The van der Waals surface area contributed by atoms with Crippen LogP contribution in [0.25, 0.3) is 11.1 Å². The molecule has 138 valence electrons. The Hall–Kier alpha value is -2.69. The smallest absolute Gasteiger partial charge is 0.254 e. The van der Waals surface area contributed by atoms with E-state index < -0.39 is 0 Å². The second-order valence-corrected chi connectivity index (χ2v) is 8.89. The second-order valence-electron chi connectivity index (χ2n) is 6.91. The van der Waals surface area contributed by atoms with Crippen LogP contribution in [0.15, 0.2) is 83.6 Å². The summed E-state index contributed by atoms with van der Waals surface area (Å²) in [5, 5.41) is 4.24. The number of hydrogen-bond acceptors (Lipinski definition) is 3. The molecule has 2 nitrogen and oxygen atoms in total. The standard InChI is InChI=1S/C24H19NOS2/c26-24(19-10-8-18(9-11-19)17-5-2-1-3-6-17)25-14-12-21-20(13-16-28-21)23(25)22-7-4-15-27-22/h1-11,13,15-16,23H,12,14H2. The van der Waals surface area contributed by atoms with Crippen LogP contribution in [-0.4, -0.2) is 17.4 Å². The van der Waals surface area contributed by atoms with Gasteiger partial charge in [0.1, 0.15) is 0 Å². The van der Waals surface area contributed by atoms with Crippen molar-refractivity contribution in [1.82, 2.24) is 4.90 Å². The summed E-state index contributed by atoms with van der Waals surface area (Å²) in [5.74, 6) is 0.106. The molecular weight excluding hydrogens is 382 g/mol. The maximum Gasteiger partial charge on any atom is 0.254 e. The number of fused-ring (bicyclic) bond motifs is 1. The monoisotopic (exact) mass is 401 g/mol. The lowest BCUT2D eigenvalue weighted by atomic mass is 9.97. The predicted molar refractivity (Wildman–Crippen MR) is 117 cm³/mol. The summed E-state index contributed by atoms with van der Waals surface area (Å²) in [6.07, 6.45) is 0.933. The van der Waals surface area contributed by atoms with Gasteiger partial charge in [0, 0.05) is 21.9 Å². The third-order valence-electron chi connectivity index (χ3n) is 5.28. The first-order chi connectivity index (χ1) is 13.8. The van der Waals surface area contributed by atoms with E-state index >= 15 is 0 Å². The third kappa shape index (κ3) is 3.09. The molecule has 4 heteroatoms. The lowest BCUT2D eigenvalue weighted by Gasteiger charge is -2.35. The highest BCUT2D eigenvalue weighted by atomic mass is 32.1. The Morgan fingerprint density at radius 2 is 1.61 bits per heavy atom. The van der Waals surface area contributed by atoms with Gasteiger partial charge in [0.2, 0.25) is 0 Å². The van der Waals surface area contributed by atoms with Gasteiger partial charge in [0.15, 0.2) is 0 Å². The summed E-state index contributed by atoms with van der Waals surface area (Å²) in [6.45, 7) is 0.759. The van der Waals surface area contributed by atoms with Gasteiger partial charge in [-0.05, 0) is 58.1 Å². The van der Waals surface area contributed by atoms with Crippen LogP contribution >= 0.6 is 22.7 Å². The number of amides is 1. The average molecular weight is 402 g/mol. The van der Waals surface area contributed by atoms with Crippen molar-refractivity contribution >= 4 is 28.6 Å². The minimum atomic E-state index is 0.0244. The molecule has 0 saturated heterocycles. The fourth-order valence-electron chi connectivity index (χ4n) is 3.89. The first-order valence-corrected chi connectivity index (χ1v) is 11.1. The first-order valence-electron chi connectivity index (χ1n) is 9.37. The average Bonchev–Trinajstić information content (AvgIpc) is 3.45. The summed E-state index contributed by atoms with van der Waals surface area (Å²) in [6, 6.07) is 24.7. The molecular formula is C24H19NOS2. The molecule has 0 spiro atoms. The van der Waals surface area contributed by atoms with E-state index in [1.54, 1.807) is 22.7 Å². The van der Waals surface area contributed by atoms with E-state index in [-0.39, 0.29) is 11.9 Å². The molecule has 1 unspecified atom stereocenters. The minimum absolute atomic E-state index is 0.0244. The van der Waals surface area contributed by atoms with Crippen molar-refractivity contribution in [2.45, 2.75) is 12.5 Å². The van der Waals surface area contributed by atoms with Crippen LogP contribution in [0.4, 0.5) is 0 Å². The van der Waals surface area contributed by atoms with E-state index in [1.807, 2.05) is 47.4 Å². The van der Waals surface area contributed by atoms with Crippen molar-refractivity contribution in [3.63, 3.8) is 0 Å². The summed E-state index contributed by atoms with van der Waals surface area (Å²) in [5.41, 5.74) is 4.33. The lowest BCUT2D eigenvalue weighted by Crippen LogP contribution is -2.39. The highest BCUT2D eigenvalue weighted by molar-refractivity contribution is 7.10. The molecule has 1 aliphatic heterocycles. The Kier molecular flexibility index (Phi) is 4.59. The van der Waals surface area contributed by atoms with Gasteiger partial charge in [-0.3, -0.25) is 4.79 Å². The molecule has 5 rings (SSSR count). The van der Waals surface area contributed by atoms with Gasteiger partial charge in [0.25, 0.3) is 5.91 Å². The molecule has 28 heavy (non-hydrogen) atoms. The Labute approximate surface area is 172 Å². The molecule has 1 atom stereocenters. The van der Waals surface area contributed by atoms with Crippen LogP contribution in [0, 0.1) is 0 Å². The number of benzene rings is 2. The molecule has 0 radical (unpaired) electrons. The zero-order chi connectivity index (χ0) is 18.9. The van der Waals surface area contributed by atoms with E-state index in [9.17, 15) is 4.79 Å². The fraction of sp³-hybridized carbons (Fsp3) is 0.125. The molecule has 0 fully saturated rings. The first kappa shape index (κ1) is 17.4. The van der Waals surface area contributed by atoms with Crippen LogP contribution in [-0.2, 0) is 6.42 Å². The number of rotatable bonds is 3. The van der Waals surface area contributed by atoms with Gasteiger partial charge in [0.05, 0.1) is 6.04 Å². The molecule has 0 saturated carbocycles. The second kappa shape index (κ2) is 7.38. The van der Waals surface area contributed by atoms with E-state index in [1.165, 1.54) is 20.9 Å². The van der Waals surface area contributed by atoms with Crippen molar-refractivity contribution in [2.24, 2.45) is 0 Å². The molecule has 3 heterocycles. The highest BCUT2D eigenvalue weighted by Crippen LogP contribution is 2.40. The molecule has 0 bridgehead atoms. The van der Waals surface area contributed by atoms with Crippen molar-refractivity contribution < 1.29 is 4.79 Å². The van der Waals surface area contributed by atoms with Crippen LogP contribution < -0.4 is 0 Å². The Morgan fingerprint density at radius 1 is 0.821 bits per heavy atom. The van der Waals surface area contributed by atoms with Gasteiger partial charge in [-0.1, -0.05) is 48.5 Å². The molecule has 1 amide bonds. The number of thiophene rings is 2. The summed E-state index contributed by atoms with van der Waals surface area (Å²) in [7, 11) is 0. The Balaban J connectivity index is 1.47. The maximum atomic E-state index is 13.4. The molecule has 2 aromatic heterocycles. The maximum absolute atomic E-state index is 13.4. The SMILES string of the molecule is O=C(c1ccc(-c2ccccc2)cc1)N1CCc2sccc2C1c1cccs1.